The Bertz CT molecular complexity index is 1560. The number of para-hydroxylation sites is 2. The number of alkyl halides is 3. The van der Waals surface area contributed by atoms with E-state index in [1.807, 2.05) is 72.8 Å². The van der Waals surface area contributed by atoms with Crippen LogP contribution >= 0.6 is 0 Å². The molecule has 0 saturated heterocycles. The van der Waals surface area contributed by atoms with Crippen molar-refractivity contribution in [2.24, 2.45) is 4.99 Å². The smallest absolute Gasteiger partial charge is 0.416 e. The number of halogens is 3. The van der Waals surface area contributed by atoms with E-state index in [9.17, 15) is 18.4 Å². The van der Waals surface area contributed by atoms with Gasteiger partial charge in [0, 0.05) is 21.9 Å². The summed E-state index contributed by atoms with van der Waals surface area (Å²) >= 11 is 0. The molecule has 1 heterocycles. The molecule has 0 unspecified atom stereocenters. The molecule has 0 amide bonds. The quantitative estimate of drug-likeness (QED) is 0.246. The number of hydrogen-bond donors (Lipinski definition) is 0. The highest BCUT2D eigenvalue weighted by Crippen LogP contribution is 2.36. The minimum absolute atomic E-state index is 0.0627. The summed E-state index contributed by atoms with van der Waals surface area (Å²) in [6, 6.07) is 29.4. The van der Waals surface area contributed by atoms with Crippen molar-refractivity contribution in [2.45, 2.75) is 18.6 Å². The highest BCUT2D eigenvalue weighted by molar-refractivity contribution is 6.12. The second kappa shape index (κ2) is 9.11. The summed E-state index contributed by atoms with van der Waals surface area (Å²) in [4.78, 5) is 4.76. The van der Waals surface area contributed by atoms with Crippen molar-refractivity contribution < 1.29 is 17.6 Å². The molecule has 1 atom stereocenters. The summed E-state index contributed by atoms with van der Waals surface area (Å²) in [6.07, 6.45) is -3.96. The van der Waals surface area contributed by atoms with Gasteiger partial charge in [0.25, 0.3) is 0 Å². The first-order valence-electron chi connectivity index (χ1n) is 11.0. The summed E-state index contributed by atoms with van der Waals surface area (Å²) in [5.74, 6) is 0. The minimum Gasteiger partial charge on any atom is -0.456 e. The fourth-order valence-electron chi connectivity index (χ4n) is 4.23. The van der Waals surface area contributed by atoms with E-state index in [1.54, 1.807) is 0 Å². The third kappa shape index (κ3) is 4.53. The average molecular weight is 468 g/mol. The molecule has 0 bridgehead atoms. The summed E-state index contributed by atoms with van der Waals surface area (Å²) in [5.41, 5.74) is 2.87. The van der Waals surface area contributed by atoms with Gasteiger partial charge >= 0.3 is 6.18 Å². The fraction of sp³-hybridized carbons (Fsp3) is 0.103. The number of hydrogen-bond acceptors (Lipinski definition) is 3. The standard InChI is InChI=1S/C29H19F3N2O/c30-29(31,32)21-15-13-20(14-16-21)26(18-33)34-25(17-19-7-2-1-3-8-19)24-11-6-10-23-22-9-4-5-12-27(22)35-28(23)24/h1-16,25H,17H2/b34-26+/t25-/m1/s1. The van der Waals surface area contributed by atoms with Crippen molar-refractivity contribution in [1.29, 1.82) is 5.26 Å². The summed E-state index contributed by atoms with van der Waals surface area (Å²) in [7, 11) is 0. The number of nitrogens with zero attached hydrogens (tertiary/aromatic N) is 2. The molecule has 5 aromatic rings. The van der Waals surface area contributed by atoms with Crippen LogP contribution in [0.3, 0.4) is 0 Å². The zero-order chi connectivity index (χ0) is 24.4. The number of nitriles is 1. The number of fused-ring (bicyclic) bond motifs is 3. The normalized spacial score (nSPS) is 13.1. The molecule has 0 aliphatic rings. The van der Waals surface area contributed by atoms with Crippen LogP contribution in [0, 0.1) is 11.3 Å². The van der Waals surface area contributed by atoms with Gasteiger partial charge in [-0.1, -0.05) is 78.9 Å². The van der Waals surface area contributed by atoms with Crippen molar-refractivity contribution in [1.82, 2.24) is 0 Å². The molecule has 0 radical (unpaired) electrons. The van der Waals surface area contributed by atoms with Crippen molar-refractivity contribution in [2.75, 3.05) is 0 Å². The van der Waals surface area contributed by atoms with Gasteiger partial charge in [-0.3, -0.25) is 4.99 Å². The Kier molecular flexibility index (Phi) is 5.84. The Hall–Kier alpha value is -4.37. The Morgan fingerprint density at radius 3 is 2.23 bits per heavy atom. The third-order valence-corrected chi connectivity index (χ3v) is 5.94. The molecular weight excluding hydrogens is 449 g/mol. The zero-order valence-corrected chi connectivity index (χ0v) is 18.5. The average Bonchev–Trinajstić information content (AvgIpc) is 3.26. The number of aliphatic imine (C=N–C) groups is 1. The van der Waals surface area contributed by atoms with Crippen LogP contribution < -0.4 is 0 Å². The summed E-state index contributed by atoms with van der Waals surface area (Å²) in [6.45, 7) is 0. The molecule has 0 aliphatic carbocycles. The first-order valence-corrected chi connectivity index (χ1v) is 11.0. The zero-order valence-electron chi connectivity index (χ0n) is 18.5. The fourth-order valence-corrected chi connectivity index (χ4v) is 4.23. The number of rotatable bonds is 5. The second-order valence-corrected chi connectivity index (χ2v) is 8.19. The summed E-state index contributed by atoms with van der Waals surface area (Å²) < 4.78 is 45.2. The van der Waals surface area contributed by atoms with E-state index in [-0.39, 0.29) is 5.71 Å². The topological polar surface area (TPSA) is 49.3 Å². The van der Waals surface area contributed by atoms with E-state index in [1.165, 1.54) is 12.1 Å². The molecule has 1 aromatic heterocycles. The van der Waals surface area contributed by atoms with Crippen LogP contribution in [0.1, 0.15) is 28.3 Å². The van der Waals surface area contributed by atoms with Gasteiger partial charge in [0.05, 0.1) is 11.6 Å². The van der Waals surface area contributed by atoms with E-state index in [4.69, 9.17) is 9.41 Å². The Morgan fingerprint density at radius 1 is 0.829 bits per heavy atom. The predicted molar refractivity (Wildman–Crippen MR) is 130 cm³/mol. The van der Waals surface area contributed by atoms with Crippen molar-refractivity contribution >= 4 is 27.7 Å². The van der Waals surface area contributed by atoms with Crippen LogP contribution in [0.4, 0.5) is 13.2 Å². The SMILES string of the molecule is N#C/C(=N\[C@H](Cc1ccccc1)c1cccc2c1oc1ccccc12)c1ccc(C(F)(F)F)cc1. The first-order chi connectivity index (χ1) is 16.9. The molecule has 5 rings (SSSR count). The molecule has 35 heavy (non-hydrogen) atoms. The molecule has 0 aliphatic heterocycles. The lowest BCUT2D eigenvalue weighted by Gasteiger charge is -2.15. The molecule has 4 aromatic carbocycles. The molecule has 3 nitrogen and oxygen atoms in total. The molecule has 0 N–H and O–H groups in total. The van der Waals surface area contributed by atoms with Gasteiger partial charge < -0.3 is 4.42 Å². The monoisotopic (exact) mass is 468 g/mol. The molecule has 6 heteroatoms. The lowest BCUT2D eigenvalue weighted by atomic mass is 9.96. The molecule has 0 saturated carbocycles. The van der Waals surface area contributed by atoms with Crippen LogP contribution in [0.25, 0.3) is 21.9 Å². The van der Waals surface area contributed by atoms with Crippen molar-refractivity contribution in [3.05, 3.63) is 119 Å². The van der Waals surface area contributed by atoms with Crippen molar-refractivity contribution in [3.8, 4) is 6.07 Å². The van der Waals surface area contributed by atoms with E-state index in [0.29, 0.717) is 17.6 Å². The van der Waals surface area contributed by atoms with Gasteiger partial charge in [0.1, 0.15) is 22.9 Å². The molecule has 172 valence electrons. The van der Waals surface area contributed by atoms with Crippen LogP contribution in [-0.2, 0) is 12.6 Å². The Labute approximate surface area is 199 Å². The van der Waals surface area contributed by atoms with Gasteiger partial charge in [-0.15, -0.1) is 0 Å². The highest BCUT2D eigenvalue weighted by Gasteiger charge is 2.30. The maximum atomic E-state index is 13.0. The summed E-state index contributed by atoms with van der Waals surface area (Å²) in [5, 5.41) is 11.8. The van der Waals surface area contributed by atoms with Crippen LogP contribution in [0.15, 0.2) is 106 Å². The van der Waals surface area contributed by atoms with Gasteiger partial charge in [-0.05, 0) is 30.2 Å². The van der Waals surface area contributed by atoms with E-state index >= 15 is 0 Å². The van der Waals surface area contributed by atoms with Gasteiger partial charge in [0.2, 0.25) is 0 Å². The highest BCUT2D eigenvalue weighted by atomic mass is 19.4. The number of furan rings is 1. The lowest BCUT2D eigenvalue weighted by molar-refractivity contribution is -0.137. The minimum atomic E-state index is -4.45. The second-order valence-electron chi connectivity index (χ2n) is 8.19. The Balaban J connectivity index is 1.64. The molecule has 0 spiro atoms. The first kappa shape index (κ1) is 22.4. The van der Waals surface area contributed by atoms with E-state index < -0.39 is 17.8 Å². The van der Waals surface area contributed by atoms with E-state index in [0.717, 1.165) is 39.6 Å². The lowest BCUT2D eigenvalue weighted by Crippen LogP contribution is -2.08. The van der Waals surface area contributed by atoms with Crippen LogP contribution in [0.2, 0.25) is 0 Å². The Morgan fingerprint density at radius 2 is 1.51 bits per heavy atom. The third-order valence-electron chi connectivity index (χ3n) is 5.94. The van der Waals surface area contributed by atoms with Gasteiger partial charge in [0.15, 0.2) is 0 Å². The van der Waals surface area contributed by atoms with Gasteiger partial charge in [-0.25, -0.2) is 0 Å². The molecular formula is C29H19F3N2O. The van der Waals surface area contributed by atoms with Gasteiger partial charge in [-0.2, -0.15) is 18.4 Å². The molecule has 0 fully saturated rings. The van der Waals surface area contributed by atoms with Crippen LogP contribution in [-0.4, -0.2) is 5.71 Å². The van der Waals surface area contributed by atoms with E-state index in [2.05, 4.69) is 6.07 Å². The maximum absolute atomic E-state index is 13.0. The van der Waals surface area contributed by atoms with Crippen molar-refractivity contribution in [3.63, 3.8) is 0 Å². The largest absolute Gasteiger partial charge is 0.456 e. The van der Waals surface area contributed by atoms with Crippen LogP contribution in [0.5, 0.6) is 0 Å². The maximum Gasteiger partial charge on any atom is 0.416 e. The predicted octanol–water partition coefficient (Wildman–Crippen LogP) is 7.90. The number of benzene rings is 4.